The summed E-state index contributed by atoms with van der Waals surface area (Å²) in [5.41, 5.74) is 1.49. The van der Waals surface area contributed by atoms with Crippen LogP contribution < -0.4 is 0 Å². The first kappa shape index (κ1) is 8.26. The van der Waals surface area contributed by atoms with Crippen LogP contribution in [-0.4, -0.2) is 10.1 Å². The van der Waals surface area contributed by atoms with Gasteiger partial charge in [0.25, 0.3) is 0 Å². The summed E-state index contributed by atoms with van der Waals surface area (Å²) in [6.45, 7) is 0. The molecule has 0 fully saturated rings. The number of rotatable bonds is 2. The van der Waals surface area contributed by atoms with Crippen molar-refractivity contribution < 1.29 is 4.52 Å². The molecule has 0 saturated carbocycles. The first-order chi connectivity index (χ1) is 6.40. The molecule has 0 saturated heterocycles. The van der Waals surface area contributed by atoms with Crippen LogP contribution in [-0.2, 0) is 5.88 Å². The Kier molecular flexibility index (Phi) is 2.27. The van der Waals surface area contributed by atoms with Gasteiger partial charge >= 0.3 is 0 Å². The third kappa shape index (κ3) is 1.70. The molecule has 0 N–H and O–H groups in total. The molecule has 0 amide bonds. The second-order valence-electron chi connectivity index (χ2n) is 2.53. The fraction of sp³-hybridized carbons (Fsp3) is 0.111. The SMILES string of the molecule is ClCc1cc(-c2ccccn2)on1. The molecule has 0 bridgehead atoms. The van der Waals surface area contributed by atoms with Crippen molar-refractivity contribution in [1.29, 1.82) is 0 Å². The Labute approximate surface area is 80.3 Å². The molecular weight excluding hydrogens is 188 g/mol. The van der Waals surface area contributed by atoms with E-state index in [-0.39, 0.29) is 0 Å². The molecule has 2 aromatic heterocycles. The average Bonchev–Trinajstić information content (AvgIpc) is 2.67. The lowest BCUT2D eigenvalue weighted by Crippen LogP contribution is -1.77. The predicted octanol–water partition coefficient (Wildman–Crippen LogP) is 2.48. The van der Waals surface area contributed by atoms with Crippen molar-refractivity contribution in [3.05, 3.63) is 36.2 Å². The Hall–Kier alpha value is -1.35. The van der Waals surface area contributed by atoms with Crippen LogP contribution in [0.1, 0.15) is 5.69 Å². The number of alkyl halides is 1. The zero-order valence-corrected chi connectivity index (χ0v) is 7.53. The molecule has 0 aliphatic rings. The van der Waals surface area contributed by atoms with E-state index in [0.717, 1.165) is 11.4 Å². The van der Waals surface area contributed by atoms with E-state index in [4.69, 9.17) is 16.1 Å². The highest BCUT2D eigenvalue weighted by molar-refractivity contribution is 6.16. The van der Waals surface area contributed by atoms with Gasteiger partial charge in [0, 0.05) is 12.3 Å². The van der Waals surface area contributed by atoms with Crippen molar-refractivity contribution in [1.82, 2.24) is 10.1 Å². The van der Waals surface area contributed by atoms with Crippen LogP contribution in [0.25, 0.3) is 11.5 Å². The minimum atomic E-state index is 0.357. The standard InChI is InChI=1S/C9H7ClN2O/c10-6-7-5-9(13-12-7)8-3-1-2-4-11-8/h1-5H,6H2. The van der Waals surface area contributed by atoms with E-state index in [9.17, 15) is 0 Å². The molecule has 0 aliphatic carbocycles. The molecule has 0 unspecified atom stereocenters. The maximum atomic E-state index is 5.58. The van der Waals surface area contributed by atoms with Gasteiger partial charge in [-0.05, 0) is 12.1 Å². The summed E-state index contributed by atoms with van der Waals surface area (Å²) in [5, 5.41) is 3.76. The van der Waals surface area contributed by atoms with Crippen LogP contribution in [0, 0.1) is 0 Å². The van der Waals surface area contributed by atoms with E-state index in [1.54, 1.807) is 12.3 Å². The van der Waals surface area contributed by atoms with Crippen molar-refractivity contribution in [2.45, 2.75) is 5.88 Å². The summed E-state index contributed by atoms with van der Waals surface area (Å²) in [4.78, 5) is 4.12. The van der Waals surface area contributed by atoms with Crippen LogP contribution in [0.15, 0.2) is 35.0 Å². The molecule has 0 aliphatic heterocycles. The summed E-state index contributed by atoms with van der Waals surface area (Å²) in [6, 6.07) is 7.39. The number of aromatic nitrogens is 2. The van der Waals surface area contributed by atoms with Gasteiger partial charge in [-0.15, -0.1) is 11.6 Å². The van der Waals surface area contributed by atoms with E-state index in [1.165, 1.54) is 0 Å². The summed E-state index contributed by atoms with van der Waals surface area (Å²) >= 11 is 5.58. The van der Waals surface area contributed by atoms with Gasteiger partial charge in [0.2, 0.25) is 0 Å². The van der Waals surface area contributed by atoms with Crippen LogP contribution in [0.5, 0.6) is 0 Å². The van der Waals surface area contributed by atoms with Gasteiger partial charge < -0.3 is 4.52 Å². The van der Waals surface area contributed by atoms with Gasteiger partial charge in [-0.1, -0.05) is 11.2 Å². The highest BCUT2D eigenvalue weighted by Crippen LogP contribution is 2.17. The number of halogens is 1. The highest BCUT2D eigenvalue weighted by atomic mass is 35.5. The number of hydrogen-bond acceptors (Lipinski definition) is 3. The van der Waals surface area contributed by atoms with Crippen molar-refractivity contribution in [3.8, 4) is 11.5 Å². The maximum absolute atomic E-state index is 5.58. The Balaban J connectivity index is 2.36. The van der Waals surface area contributed by atoms with Crippen molar-refractivity contribution in [3.63, 3.8) is 0 Å². The Morgan fingerprint density at radius 1 is 1.38 bits per heavy atom. The molecule has 0 radical (unpaired) electrons. The number of hydrogen-bond donors (Lipinski definition) is 0. The van der Waals surface area contributed by atoms with Crippen molar-refractivity contribution in [2.24, 2.45) is 0 Å². The Bertz CT molecular complexity index is 386. The smallest absolute Gasteiger partial charge is 0.185 e. The topological polar surface area (TPSA) is 38.9 Å². The first-order valence-electron chi connectivity index (χ1n) is 3.83. The zero-order chi connectivity index (χ0) is 9.10. The lowest BCUT2D eigenvalue weighted by atomic mass is 10.3. The molecule has 4 heteroatoms. The normalized spacial score (nSPS) is 10.2. The van der Waals surface area contributed by atoms with Crippen LogP contribution in [0.3, 0.4) is 0 Å². The minimum absolute atomic E-state index is 0.357. The quantitative estimate of drug-likeness (QED) is 0.690. The summed E-state index contributed by atoms with van der Waals surface area (Å²) in [5.74, 6) is 1.01. The van der Waals surface area contributed by atoms with Crippen molar-refractivity contribution >= 4 is 11.6 Å². The molecule has 66 valence electrons. The second-order valence-corrected chi connectivity index (χ2v) is 2.80. The fourth-order valence-electron chi connectivity index (χ4n) is 1.00. The van der Waals surface area contributed by atoms with E-state index in [1.807, 2.05) is 18.2 Å². The monoisotopic (exact) mass is 194 g/mol. The van der Waals surface area contributed by atoms with Crippen LogP contribution >= 0.6 is 11.6 Å². The van der Waals surface area contributed by atoms with E-state index in [0.29, 0.717) is 11.6 Å². The van der Waals surface area contributed by atoms with Crippen molar-refractivity contribution in [2.75, 3.05) is 0 Å². The van der Waals surface area contributed by atoms with E-state index < -0.39 is 0 Å². The first-order valence-corrected chi connectivity index (χ1v) is 4.36. The summed E-state index contributed by atoms with van der Waals surface area (Å²) in [6.07, 6.45) is 1.71. The van der Waals surface area contributed by atoms with Crippen LogP contribution in [0.2, 0.25) is 0 Å². The minimum Gasteiger partial charge on any atom is -0.354 e. The Morgan fingerprint density at radius 3 is 2.92 bits per heavy atom. The summed E-state index contributed by atoms with van der Waals surface area (Å²) in [7, 11) is 0. The molecule has 13 heavy (non-hydrogen) atoms. The van der Waals surface area contributed by atoms with Gasteiger partial charge in [-0.25, -0.2) is 0 Å². The van der Waals surface area contributed by atoms with Gasteiger partial charge in [0.05, 0.1) is 11.6 Å². The molecule has 2 aromatic rings. The second kappa shape index (κ2) is 3.58. The lowest BCUT2D eigenvalue weighted by Gasteiger charge is -1.90. The van der Waals surface area contributed by atoms with Crippen LogP contribution in [0.4, 0.5) is 0 Å². The summed E-state index contributed by atoms with van der Waals surface area (Å²) < 4.78 is 5.04. The van der Waals surface area contributed by atoms with Gasteiger partial charge in [-0.3, -0.25) is 4.98 Å². The molecule has 0 aromatic carbocycles. The average molecular weight is 195 g/mol. The molecule has 0 spiro atoms. The molecular formula is C9H7ClN2O. The maximum Gasteiger partial charge on any atom is 0.185 e. The third-order valence-electron chi connectivity index (χ3n) is 1.61. The lowest BCUT2D eigenvalue weighted by molar-refractivity contribution is 0.425. The zero-order valence-electron chi connectivity index (χ0n) is 6.77. The molecule has 3 nitrogen and oxygen atoms in total. The molecule has 2 rings (SSSR count). The predicted molar refractivity (Wildman–Crippen MR) is 49.3 cm³/mol. The molecule has 0 atom stereocenters. The van der Waals surface area contributed by atoms with E-state index >= 15 is 0 Å². The highest BCUT2D eigenvalue weighted by Gasteiger charge is 2.05. The Morgan fingerprint density at radius 2 is 2.31 bits per heavy atom. The van der Waals surface area contributed by atoms with Gasteiger partial charge in [-0.2, -0.15) is 0 Å². The number of pyridine rings is 1. The van der Waals surface area contributed by atoms with Gasteiger partial charge in [0.15, 0.2) is 5.76 Å². The fourth-order valence-corrected chi connectivity index (χ4v) is 1.13. The number of nitrogens with zero attached hydrogens (tertiary/aromatic N) is 2. The largest absolute Gasteiger partial charge is 0.354 e. The third-order valence-corrected chi connectivity index (χ3v) is 1.89. The van der Waals surface area contributed by atoms with Gasteiger partial charge in [0.1, 0.15) is 5.69 Å². The molecule has 2 heterocycles. The van der Waals surface area contributed by atoms with E-state index in [2.05, 4.69) is 10.1 Å².